The van der Waals surface area contributed by atoms with Crippen LogP contribution in [0.5, 0.6) is 0 Å². The van der Waals surface area contributed by atoms with Crippen LogP contribution in [0.1, 0.15) is 36.0 Å². The van der Waals surface area contributed by atoms with Gasteiger partial charge in [-0.25, -0.2) is 0 Å². The lowest BCUT2D eigenvalue weighted by atomic mass is 9.95. The first-order valence-electron chi connectivity index (χ1n) is 5.85. The molecule has 1 amide bonds. The van der Waals surface area contributed by atoms with Crippen molar-refractivity contribution >= 4 is 33.4 Å². The zero-order valence-corrected chi connectivity index (χ0v) is 11.8. The van der Waals surface area contributed by atoms with Crippen molar-refractivity contribution in [1.29, 1.82) is 0 Å². The summed E-state index contributed by atoms with van der Waals surface area (Å²) < 4.78 is 0.983. The summed E-state index contributed by atoms with van der Waals surface area (Å²) in [7, 11) is 0. The first-order chi connectivity index (χ1) is 8.15. The van der Waals surface area contributed by atoms with Crippen LogP contribution in [0.2, 0.25) is 0 Å². The predicted octanol–water partition coefficient (Wildman–Crippen LogP) is 3.73. The van der Waals surface area contributed by atoms with E-state index >= 15 is 0 Å². The third-order valence-electron chi connectivity index (χ3n) is 3.10. The number of amides is 1. The van der Waals surface area contributed by atoms with Gasteiger partial charge in [0.25, 0.3) is 5.91 Å². The van der Waals surface area contributed by atoms with E-state index in [1.807, 2.05) is 24.3 Å². The summed E-state index contributed by atoms with van der Waals surface area (Å²) in [5.41, 5.74) is 0.709. The molecule has 0 aromatic heterocycles. The van der Waals surface area contributed by atoms with Crippen LogP contribution in [0.25, 0.3) is 0 Å². The van der Waals surface area contributed by atoms with Crippen molar-refractivity contribution in [1.82, 2.24) is 5.32 Å². The molecule has 0 aliphatic heterocycles. The number of benzene rings is 1. The zero-order chi connectivity index (χ0) is 12.3. The molecule has 2 nitrogen and oxygen atoms in total. The van der Waals surface area contributed by atoms with E-state index < -0.39 is 0 Å². The maximum atomic E-state index is 11.9. The molecule has 0 radical (unpaired) electrons. The molecular formula is C13H15BrClNO. The number of alkyl halides is 1. The molecule has 1 fully saturated rings. The molecule has 2 rings (SSSR count). The molecule has 1 aliphatic rings. The highest BCUT2D eigenvalue weighted by Gasteiger charge is 2.21. The quantitative estimate of drug-likeness (QED) is 0.828. The maximum absolute atomic E-state index is 11.9. The SMILES string of the molecule is O=C(NC1CCC(Cl)CC1)c1ccc(Br)cc1. The minimum absolute atomic E-state index is 0.00974. The van der Waals surface area contributed by atoms with Crippen molar-refractivity contribution in [3.8, 4) is 0 Å². The summed E-state index contributed by atoms with van der Waals surface area (Å²) in [4.78, 5) is 11.9. The van der Waals surface area contributed by atoms with Crippen LogP contribution in [0.15, 0.2) is 28.7 Å². The normalized spacial score (nSPS) is 24.4. The first kappa shape index (κ1) is 12.9. The zero-order valence-electron chi connectivity index (χ0n) is 9.46. The second-order valence-electron chi connectivity index (χ2n) is 4.43. The van der Waals surface area contributed by atoms with Gasteiger partial charge in [-0.2, -0.15) is 0 Å². The van der Waals surface area contributed by atoms with Gasteiger partial charge in [-0.15, -0.1) is 11.6 Å². The molecule has 0 unspecified atom stereocenters. The molecule has 1 aromatic rings. The molecule has 1 aliphatic carbocycles. The first-order valence-corrected chi connectivity index (χ1v) is 7.08. The number of halogens is 2. The van der Waals surface area contributed by atoms with Crippen LogP contribution in [0.4, 0.5) is 0 Å². The third-order valence-corrected chi connectivity index (χ3v) is 4.06. The fraction of sp³-hybridized carbons (Fsp3) is 0.462. The van der Waals surface area contributed by atoms with E-state index in [1.54, 1.807) is 0 Å². The Morgan fingerprint density at radius 1 is 1.18 bits per heavy atom. The van der Waals surface area contributed by atoms with Gasteiger partial charge in [0, 0.05) is 21.5 Å². The highest BCUT2D eigenvalue weighted by atomic mass is 79.9. The molecule has 17 heavy (non-hydrogen) atoms. The molecule has 1 aromatic carbocycles. The molecule has 0 saturated heterocycles. The van der Waals surface area contributed by atoms with E-state index in [1.165, 1.54) is 0 Å². The van der Waals surface area contributed by atoms with Gasteiger partial charge in [0.2, 0.25) is 0 Å². The lowest BCUT2D eigenvalue weighted by Crippen LogP contribution is -2.37. The van der Waals surface area contributed by atoms with E-state index in [2.05, 4.69) is 21.2 Å². The van der Waals surface area contributed by atoms with Crippen LogP contribution < -0.4 is 5.32 Å². The van der Waals surface area contributed by atoms with Crippen molar-refractivity contribution in [3.63, 3.8) is 0 Å². The molecule has 0 bridgehead atoms. The molecular weight excluding hydrogens is 302 g/mol. The monoisotopic (exact) mass is 315 g/mol. The Morgan fingerprint density at radius 3 is 2.35 bits per heavy atom. The van der Waals surface area contributed by atoms with Crippen LogP contribution in [0.3, 0.4) is 0 Å². The number of rotatable bonds is 2. The van der Waals surface area contributed by atoms with Crippen molar-refractivity contribution < 1.29 is 4.79 Å². The number of carbonyl (C=O) groups is 1. The smallest absolute Gasteiger partial charge is 0.251 e. The van der Waals surface area contributed by atoms with E-state index in [-0.39, 0.29) is 17.3 Å². The summed E-state index contributed by atoms with van der Waals surface area (Å²) in [6, 6.07) is 7.69. The second kappa shape index (κ2) is 5.87. The van der Waals surface area contributed by atoms with Gasteiger partial charge in [0.05, 0.1) is 0 Å². The van der Waals surface area contributed by atoms with Crippen molar-refractivity contribution in [3.05, 3.63) is 34.3 Å². The third kappa shape index (κ3) is 3.71. The Balaban J connectivity index is 1.91. The van der Waals surface area contributed by atoms with Crippen molar-refractivity contribution in [2.45, 2.75) is 37.1 Å². The predicted molar refractivity (Wildman–Crippen MR) is 73.5 cm³/mol. The van der Waals surface area contributed by atoms with Crippen molar-refractivity contribution in [2.24, 2.45) is 0 Å². The summed E-state index contributed by atoms with van der Waals surface area (Å²) in [5, 5.41) is 3.35. The molecule has 1 N–H and O–H groups in total. The minimum atomic E-state index is 0.00974. The Hall–Kier alpha value is -0.540. The summed E-state index contributed by atoms with van der Waals surface area (Å²) in [5.74, 6) is 0.00974. The molecule has 4 heteroatoms. The van der Waals surface area contributed by atoms with E-state index in [0.29, 0.717) is 5.56 Å². The van der Waals surface area contributed by atoms with E-state index in [9.17, 15) is 4.79 Å². The number of carbonyl (C=O) groups excluding carboxylic acids is 1. The molecule has 92 valence electrons. The largest absolute Gasteiger partial charge is 0.349 e. The van der Waals surface area contributed by atoms with Crippen LogP contribution in [-0.4, -0.2) is 17.3 Å². The van der Waals surface area contributed by atoms with Crippen LogP contribution >= 0.6 is 27.5 Å². The molecule has 1 saturated carbocycles. The van der Waals surface area contributed by atoms with Gasteiger partial charge in [-0.1, -0.05) is 15.9 Å². The average molecular weight is 317 g/mol. The van der Waals surface area contributed by atoms with Gasteiger partial charge in [-0.05, 0) is 49.9 Å². The Labute approximate surface area is 115 Å². The van der Waals surface area contributed by atoms with Gasteiger partial charge >= 0.3 is 0 Å². The number of hydrogen-bond acceptors (Lipinski definition) is 1. The summed E-state index contributed by atoms with van der Waals surface area (Å²) >= 11 is 9.39. The highest BCUT2D eigenvalue weighted by molar-refractivity contribution is 9.10. The van der Waals surface area contributed by atoms with Crippen LogP contribution in [0, 0.1) is 0 Å². The second-order valence-corrected chi connectivity index (χ2v) is 5.96. The number of nitrogens with one attached hydrogen (secondary N) is 1. The summed E-state index contributed by atoms with van der Waals surface area (Å²) in [6.07, 6.45) is 3.95. The standard InChI is InChI=1S/C13H15BrClNO/c14-10-3-1-9(2-4-10)13(17)16-12-7-5-11(15)6-8-12/h1-4,11-12H,5-8H2,(H,16,17). The fourth-order valence-corrected chi connectivity index (χ4v) is 2.58. The lowest BCUT2D eigenvalue weighted by Gasteiger charge is -2.25. The molecule has 0 heterocycles. The van der Waals surface area contributed by atoms with Gasteiger partial charge in [0.15, 0.2) is 0 Å². The molecule has 0 spiro atoms. The fourth-order valence-electron chi connectivity index (χ4n) is 2.07. The average Bonchev–Trinajstić information content (AvgIpc) is 2.33. The van der Waals surface area contributed by atoms with E-state index in [0.717, 1.165) is 30.2 Å². The van der Waals surface area contributed by atoms with Crippen molar-refractivity contribution in [2.75, 3.05) is 0 Å². The minimum Gasteiger partial charge on any atom is -0.349 e. The number of hydrogen-bond donors (Lipinski definition) is 1. The van der Waals surface area contributed by atoms with Gasteiger partial charge < -0.3 is 5.32 Å². The van der Waals surface area contributed by atoms with Gasteiger partial charge in [0.1, 0.15) is 0 Å². The lowest BCUT2D eigenvalue weighted by molar-refractivity contribution is 0.0928. The Kier molecular flexibility index (Phi) is 4.46. The Morgan fingerprint density at radius 2 is 1.76 bits per heavy atom. The van der Waals surface area contributed by atoms with E-state index in [4.69, 9.17) is 11.6 Å². The molecule has 0 atom stereocenters. The summed E-state index contributed by atoms with van der Waals surface area (Å²) in [6.45, 7) is 0. The van der Waals surface area contributed by atoms with Crippen LogP contribution in [-0.2, 0) is 0 Å². The highest BCUT2D eigenvalue weighted by Crippen LogP contribution is 2.23. The Bertz CT molecular complexity index is 385. The van der Waals surface area contributed by atoms with Gasteiger partial charge in [-0.3, -0.25) is 4.79 Å². The maximum Gasteiger partial charge on any atom is 0.251 e. The topological polar surface area (TPSA) is 29.1 Å².